The number of carbonyl (C=O) groups is 2. The summed E-state index contributed by atoms with van der Waals surface area (Å²) in [6.45, 7) is 4.68. The van der Waals surface area contributed by atoms with Crippen molar-refractivity contribution >= 4 is 29.0 Å². The van der Waals surface area contributed by atoms with E-state index >= 15 is 0 Å². The van der Waals surface area contributed by atoms with Gasteiger partial charge in [0.15, 0.2) is 0 Å². The first-order chi connectivity index (χ1) is 15.3. The number of benzene rings is 3. The lowest BCUT2D eigenvalue weighted by molar-refractivity contribution is 0.0951. The highest BCUT2D eigenvalue weighted by molar-refractivity contribution is 6.03. The van der Waals surface area contributed by atoms with Crippen molar-refractivity contribution in [1.82, 2.24) is 5.32 Å². The Balaban J connectivity index is 1.70. The molecule has 0 radical (unpaired) electrons. The number of carbonyl (C=O) groups excluding carboxylic acids is 2. The molecule has 0 saturated heterocycles. The Morgan fingerprint density at radius 1 is 0.844 bits per heavy atom. The van der Waals surface area contributed by atoms with Gasteiger partial charge >= 0.3 is 6.03 Å². The molecule has 0 atom stereocenters. The minimum Gasteiger partial charge on any atom is -0.377 e. The lowest BCUT2D eigenvalue weighted by Gasteiger charge is -2.19. The van der Waals surface area contributed by atoms with Crippen LogP contribution in [-0.4, -0.2) is 26.0 Å². The van der Waals surface area contributed by atoms with Gasteiger partial charge in [-0.15, -0.1) is 0 Å². The van der Waals surface area contributed by atoms with Gasteiger partial charge in [0.2, 0.25) is 0 Å². The van der Waals surface area contributed by atoms with E-state index in [9.17, 15) is 9.59 Å². The highest BCUT2D eigenvalue weighted by Crippen LogP contribution is 2.24. The van der Waals surface area contributed by atoms with Crippen LogP contribution in [0.1, 0.15) is 41.3 Å². The van der Waals surface area contributed by atoms with Gasteiger partial charge in [0.25, 0.3) is 5.91 Å². The van der Waals surface area contributed by atoms with Crippen LogP contribution in [0, 0.1) is 0 Å². The predicted octanol–water partition coefficient (Wildman–Crippen LogP) is 5.45. The summed E-state index contributed by atoms with van der Waals surface area (Å²) >= 11 is 0. The van der Waals surface area contributed by atoms with Crippen molar-refractivity contribution in [2.24, 2.45) is 0 Å². The van der Waals surface area contributed by atoms with Crippen molar-refractivity contribution in [3.8, 4) is 0 Å². The zero-order chi connectivity index (χ0) is 23.1. The molecule has 0 unspecified atom stereocenters. The first-order valence-electron chi connectivity index (χ1n) is 10.6. The van der Waals surface area contributed by atoms with E-state index in [0.29, 0.717) is 29.4 Å². The van der Waals surface area contributed by atoms with Gasteiger partial charge in [0.05, 0.1) is 5.56 Å². The summed E-state index contributed by atoms with van der Waals surface area (Å²) in [5, 5.41) is 8.59. The number of urea groups is 1. The van der Waals surface area contributed by atoms with Gasteiger partial charge in [-0.2, -0.15) is 0 Å². The van der Waals surface area contributed by atoms with Crippen molar-refractivity contribution in [3.05, 3.63) is 89.5 Å². The molecule has 3 aromatic rings. The quantitative estimate of drug-likeness (QED) is 0.467. The fourth-order valence-electron chi connectivity index (χ4n) is 3.30. The summed E-state index contributed by atoms with van der Waals surface area (Å²) in [4.78, 5) is 27.2. The second-order valence-electron chi connectivity index (χ2n) is 8.15. The highest BCUT2D eigenvalue weighted by atomic mass is 16.2. The Kier molecular flexibility index (Phi) is 7.49. The molecule has 3 N–H and O–H groups in total. The average molecular weight is 431 g/mol. The Bertz CT molecular complexity index is 1060. The Morgan fingerprint density at radius 2 is 1.47 bits per heavy atom. The lowest BCUT2D eigenvalue weighted by atomic mass is 10.0. The van der Waals surface area contributed by atoms with Gasteiger partial charge in [-0.05, 0) is 47.4 Å². The topological polar surface area (TPSA) is 73.5 Å². The SMILES string of the molecule is CC(C)c1ccc(NC(=O)Nc2ccc(N(C)C)c(C(=O)NCc3ccccc3)c2)cc1. The van der Waals surface area contributed by atoms with Crippen LogP contribution in [0.5, 0.6) is 0 Å². The normalized spacial score (nSPS) is 10.5. The molecule has 6 heteroatoms. The van der Waals surface area contributed by atoms with E-state index in [-0.39, 0.29) is 11.9 Å². The Morgan fingerprint density at radius 3 is 2.09 bits per heavy atom. The third kappa shape index (κ3) is 6.11. The zero-order valence-electron chi connectivity index (χ0n) is 19.0. The largest absolute Gasteiger partial charge is 0.377 e. The summed E-state index contributed by atoms with van der Waals surface area (Å²) in [7, 11) is 3.76. The van der Waals surface area contributed by atoms with Gasteiger partial charge in [-0.25, -0.2) is 4.79 Å². The smallest absolute Gasteiger partial charge is 0.323 e. The van der Waals surface area contributed by atoms with Crippen LogP contribution in [-0.2, 0) is 6.54 Å². The van der Waals surface area contributed by atoms with E-state index in [1.165, 1.54) is 5.56 Å². The molecule has 0 aromatic heterocycles. The molecule has 0 aliphatic rings. The maximum absolute atomic E-state index is 12.9. The number of nitrogens with one attached hydrogen (secondary N) is 3. The van der Waals surface area contributed by atoms with E-state index in [2.05, 4.69) is 29.8 Å². The predicted molar refractivity (Wildman–Crippen MR) is 132 cm³/mol. The van der Waals surface area contributed by atoms with Gasteiger partial charge < -0.3 is 20.9 Å². The number of amides is 3. The highest BCUT2D eigenvalue weighted by Gasteiger charge is 2.15. The van der Waals surface area contributed by atoms with Crippen molar-refractivity contribution in [2.75, 3.05) is 29.6 Å². The van der Waals surface area contributed by atoms with Crippen molar-refractivity contribution in [3.63, 3.8) is 0 Å². The second kappa shape index (κ2) is 10.5. The first kappa shape index (κ1) is 22.9. The molecule has 0 fully saturated rings. The van der Waals surface area contributed by atoms with Crippen LogP contribution in [0.25, 0.3) is 0 Å². The fourth-order valence-corrected chi connectivity index (χ4v) is 3.30. The zero-order valence-corrected chi connectivity index (χ0v) is 19.0. The van der Waals surface area contributed by atoms with E-state index in [4.69, 9.17) is 0 Å². The van der Waals surface area contributed by atoms with Gasteiger partial charge in [-0.3, -0.25) is 4.79 Å². The Hall–Kier alpha value is -3.80. The van der Waals surface area contributed by atoms with E-state index in [1.54, 1.807) is 12.1 Å². The molecule has 6 nitrogen and oxygen atoms in total. The Labute approximate surface area is 189 Å². The lowest BCUT2D eigenvalue weighted by Crippen LogP contribution is -2.26. The maximum atomic E-state index is 12.9. The maximum Gasteiger partial charge on any atom is 0.323 e. The number of hydrogen-bond donors (Lipinski definition) is 3. The molecule has 0 aliphatic heterocycles. The third-order valence-corrected chi connectivity index (χ3v) is 5.11. The molecule has 3 amide bonds. The second-order valence-corrected chi connectivity index (χ2v) is 8.15. The van der Waals surface area contributed by atoms with Crippen molar-refractivity contribution < 1.29 is 9.59 Å². The van der Waals surface area contributed by atoms with Crippen LogP contribution < -0.4 is 20.9 Å². The fraction of sp³-hybridized carbons (Fsp3) is 0.231. The van der Waals surface area contributed by atoms with Crippen LogP contribution in [0.3, 0.4) is 0 Å². The van der Waals surface area contributed by atoms with E-state index in [1.807, 2.05) is 79.7 Å². The molecular formula is C26H30N4O2. The number of nitrogens with zero attached hydrogens (tertiary/aromatic N) is 1. The van der Waals surface area contributed by atoms with Gasteiger partial charge in [0, 0.05) is 37.7 Å². The number of rotatable bonds is 7. The monoisotopic (exact) mass is 430 g/mol. The minimum atomic E-state index is -0.365. The third-order valence-electron chi connectivity index (χ3n) is 5.11. The van der Waals surface area contributed by atoms with Crippen molar-refractivity contribution in [2.45, 2.75) is 26.3 Å². The molecular weight excluding hydrogens is 400 g/mol. The molecule has 166 valence electrons. The molecule has 3 aromatic carbocycles. The standard InChI is InChI=1S/C26H30N4O2/c1-18(2)20-10-12-21(13-11-20)28-26(32)29-22-14-15-24(30(3)4)23(16-22)25(31)27-17-19-8-6-5-7-9-19/h5-16,18H,17H2,1-4H3,(H,27,31)(H2,28,29,32). The van der Waals surface area contributed by atoms with Gasteiger partial charge in [0.1, 0.15) is 0 Å². The van der Waals surface area contributed by atoms with Crippen molar-refractivity contribution in [1.29, 1.82) is 0 Å². The first-order valence-corrected chi connectivity index (χ1v) is 10.6. The van der Waals surface area contributed by atoms with Crippen LogP contribution in [0.4, 0.5) is 21.9 Å². The molecule has 0 spiro atoms. The minimum absolute atomic E-state index is 0.203. The average Bonchev–Trinajstić information content (AvgIpc) is 2.78. The molecule has 0 aliphatic carbocycles. The van der Waals surface area contributed by atoms with Crippen LogP contribution in [0.15, 0.2) is 72.8 Å². The summed E-state index contributed by atoms with van der Waals surface area (Å²) < 4.78 is 0. The van der Waals surface area contributed by atoms with Crippen LogP contribution in [0.2, 0.25) is 0 Å². The van der Waals surface area contributed by atoms with E-state index in [0.717, 1.165) is 11.3 Å². The van der Waals surface area contributed by atoms with Gasteiger partial charge in [-0.1, -0.05) is 56.3 Å². The molecule has 0 saturated carbocycles. The van der Waals surface area contributed by atoms with Crippen LogP contribution >= 0.6 is 0 Å². The number of anilines is 3. The summed E-state index contributed by atoms with van der Waals surface area (Å²) in [6.07, 6.45) is 0. The number of hydrogen-bond acceptors (Lipinski definition) is 3. The molecule has 0 bridgehead atoms. The molecule has 0 heterocycles. The summed E-state index contributed by atoms with van der Waals surface area (Å²) in [5.41, 5.74) is 4.73. The molecule has 3 rings (SSSR count). The summed E-state index contributed by atoms with van der Waals surface area (Å²) in [6, 6.07) is 22.4. The van der Waals surface area contributed by atoms with E-state index < -0.39 is 0 Å². The molecule has 32 heavy (non-hydrogen) atoms. The summed E-state index contributed by atoms with van der Waals surface area (Å²) in [5.74, 6) is 0.227.